The van der Waals surface area contributed by atoms with Gasteiger partial charge in [0.15, 0.2) is 0 Å². The Hall–Kier alpha value is -9.83. The minimum atomic E-state index is -0.204. The van der Waals surface area contributed by atoms with Crippen LogP contribution in [0.25, 0.3) is 54.7 Å². The molecule has 0 aliphatic rings. The molecule has 0 radical (unpaired) electrons. The van der Waals surface area contributed by atoms with Crippen molar-refractivity contribution in [2.24, 2.45) is 10.2 Å². The van der Waals surface area contributed by atoms with Crippen LogP contribution in [0.2, 0.25) is 0 Å². The fourth-order valence-corrected chi connectivity index (χ4v) is 13.6. The summed E-state index contributed by atoms with van der Waals surface area (Å²) in [6.45, 7) is 76.3. The molecule has 0 saturated heterocycles. The number of aromatic nitrogens is 5. The van der Waals surface area contributed by atoms with Crippen LogP contribution in [-0.4, -0.2) is 58.8 Å². The molecule has 8 aromatic carbocycles. The van der Waals surface area contributed by atoms with E-state index in [1.165, 1.54) is 42.9 Å². The molecule has 12 rings (SSSR count). The normalized spacial score (nSPS) is 12.7. The van der Waals surface area contributed by atoms with Gasteiger partial charge < -0.3 is 28.4 Å². The van der Waals surface area contributed by atoms with Crippen molar-refractivity contribution < 1.29 is 28.4 Å². The number of hydrogen-bond donors (Lipinski definition) is 0. The Bertz CT molecular complexity index is 5240. The van der Waals surface area contributed by atoms with Crippen molar-refractivity contribution in [3.05, 3.63) is 244 Å². The third-order valence-electron chi connectivity index (χ3n) is 17.6. The zero-order chi connectivity index (χ0) is 91.2. The predicted molar refractivity (Wildman–Crippen MR) is 522 cm³/mol. The van der Waals surface area contributed by atoms with Crippen LogP contribution < -0.4 is 28.4 Å². The van der Waals surface area contributed by atoms with Gasteiger partial charge in [0.25, 0.3) is 0 Å². The average Bonchev–Trinajstić information content (AvgIpc) is 0.927. The third-order valence-corrected chi connectivity index (χ3v) is 20.5. The number of rotatable bonds is 11. The molecule has 13 nitrogen and oxygen atoms in total. The van der Waals surface area contributed by atoms with Gasteiger partial charge >= 0.3 is 0 Å². The van der Waals surface area contributed by atoms with Crippen molar-refractivity contribution in [3.63, 3.8) is 0 Å². The summed E-state index contributed by atoms with van der Waals surface area (Å²) in [5.74, 6) is 5.29. The topological polar surface area (TPSA) is 145 Å². The van der Waals surface area contributed by atoms with E-state index in [-0.39, 0.29) is 66.1 Å². The van der Waals surface area contributed by atoms with Crippen LogP contribution in [0.15, 0.2) is 211 Å². The smallest absolute Gasteiger partial charge is 0.147 e. The zero-order valence-electron chi connectivity index (χ0n) is 80.6. The summed E-state index contributed by atoms with van der Waals surface area (Å²) in [5, 5.41) is 22.6. The highest BCUT2D eigenvalue weighted by Crippen LogP contribution is 2.38. The van der Waals surface area contributed by atoms with E-state index in [0.29, 0.717) is 0 Å². The molecule has 122 heavy (non-hydrogen) atoms. The fraction of sp³-hybridized carbons (Fsp3) is 0.449. The van der Waals surface area contributed by atoms with E-state index in [0.717, 1.165) is 89.1 Å². The molecular weight excluding hydrogens is 1540 g/mol. The van der Waals surface area contributed by atoms with Crippen molar-refractivity contribution in [2.45, 2.75) is 315 Å². The molecule has 0 aliphatic carbocycles. The van der Waals surface area contributed by atoms with Gasteiger partial charge in [-0.1, -0.05) is 209 Å². The molecule has 4 heterocycles. The number of hydrogen-bond acceptors (Lipinski definition) is 15. The van der Waals surface area contributed by atoms with Gasteiger partial charge in [0.2, 0.25) is 0 Å². The Morgan fingerprint density at radius 3 is 1.04 bits per heavy atom. The second-order valence-electron chi connectivity index (χ2n) is 43.3. The van der Waals surface area contributed by atoms with Gasteiger partial charge in [-0.25, -0.2) is 9.97 Å². The number of ether oxygens (including phenoxy) is 6. The van der Waals surface area contributed by atoms with Gasteiger partial charge in [-0.15, -0.1) is 21.5 Å². The maximum atomic E-state index is 5.96. The molecule has 0 unspecified atom stereocenters. The summed E-state index contributed by atoms with van der Waals surface area (Å²) in [5.41, 5.74) is 12.9. The van der Waals surface area contributed by atoms with Crippen molar-refractivity contribution in [1.29, 1.82) is 0 Å². The lowest BCUT2D eigenvalue weighted by Crippen LogP contribution is -2.23. The highest BCUT2D eigenvalue weighted by atomic mass is 32.1. The van der Waals surface area contributed by atoms with Gasteiger partial charge in [0, 0.05) is 56.6 Å². The van der Waals surface area contributed by atoms with Crippen LogP contribution in [0, 0.1) is 0 Å². The molecule has 0 atom stereocenters. The summed E-state index contributed by atoms with van der Waals surface area (Å²) in [7, 11) is 0. The fourth-order valence-electron chi connectivity index (χ4n) is 11.6. The molecule has 0 aliphatic heterocycles. The summed E-state index contributed by atoms with van der Waals surface area (Å²) in [6.07, 6.45) is 6.08. The lowest BCUT2D eigenvalue weighted by molar-refractivity contribution is 0.130. The van der Waals surface area contributed by atoms with Crippen LogP contribution in [0.1, 0.15) is 293 Å². The maximum Gasteiger partial charge on any atom is 0.147 e. The first-order valence-electron chi connectivity index (χ1n) is 42.7. The first-order valence-corrected chi connectivity index (χ1v) is 44.3. The van der Waals surface area contributed by atoms with Gasteiger partial charge in [-0.2, -0.15) is 10.2 Å². The second kappa shape index (κ2) is 39.8. The van der Waals surface area contributed by atoms with E-state index in [2.05, 4.69) is 314 Å². The standard InChI is InChI=1S/C22H28O.C21H25NO.C20H26N2O.C16H22N2OS.C15H21NOS.C13H21NO/c1-21(2,3)19-13-9-17(10-14-19)7-8-18-11-15-20(16-12-18)23-22(4,5)6;1-20(2,3)16-9-7-14-11-15-8-10-17(23-21(4,5)6)13-19(15)22-18(14)12-16;1-19(2,3)15-7-9-16(10-8-15)21-22-17-11-13-18(14-12-17)23-20(4,5)6;1-15(2,3)14-18-17-13(20-14)11-7-9-12(10-8-11)19-16(4,5)6;1-14(2,3)13-16-11-8-7-10(9-12(11)18-13)17-15(4,5)6;1-12(2,3)11-9-10(7-8-14-11)15-13(4,5)6/h7-16H,1-6H3;7-13H,1-6H3;7-14H,1-6H3;7-10H,1-6H3;7-9H,1-6H3;7-9H,1-6H3/b8-7+;;;;;. The average molecular weight is 1690 g/mol. The largest absolute Gasteiger partial charge is 0.488 e. The number of azo groups is 1. The molecule has 0 saturated carbocycles. The van der Waals surface area contributed by atoms with Gasteiger partial charge in [0.1, 0.15) is 78.1 Å². The van der Waals surface area contributed by atoms with Crippen molar-refractivity contribution in [1.82, 2.24) is 25.1 Å². The molecular formula is C107H143N7O6S2. The Kier molecular flexibility index (Phi) is 32.4. The lowest BCUT2D eigenvalue weighted by Gasteiger charge is -2.23. The Morgan fingerprint density at radius 2 is 0.623 bits per heavy atom. The van der Waals surface area contributed by atoms with Gasteiger partial charge in [0.05, 0.1) is 37.6 Å². The van der Waals surface area contributed by atoms with E-state index in [4.69, 9.17) is 33.4 Å². The van der Waals surface area contributed by atoms with Gasteiger partial charge in [-0.05, 0) is 290 Å². The molecule has 4 aromatic heterocycles. The number of pyridine rings is 2. The van der Waals surface area contributed by atoms with E-state index < -0.39 is 0 Å². The quantitative estimate of drug-likeness (QED) is 0.0693. The van der Waals surface area contributed by atoms with Crippen molar-refractivity contribution in [3.8, 4) is 45.1 Å². The van der Waals surface area contributed by atoms with E-state index in [1.54, 1.807) is 22.7 Å². The first-order chi connectivity index (χ1) is 55.9. The molecule has 15 heteroatoms. The van der Waals surface area contributed by atoms with Crippen LogP contribution in [0.5, 0.6) is 34.5 Å². The van der Waals surface area contributed by atoms with E-state index in [9.17, 15) is 0 Å². The SMILES string of the molecule is CC(C)(C)Oc1ccc(-c2nnc(C(C)(C)C)s2)cc1.CC(C)(C)Oc1ccc(/C=C/c2ccc(C(C)(C)C)cc2)cc1.CC(C)(C)Oc1ccc(N=Nc2ccc(C(C)(C)C)cc2)cc1.CC(C)(C)Oc1ccc2cc3ccc(C(C)(C)C)cc3nc2c1.CC(C)(C)Oc1ccc2nc(C(C)(C)C)sc2c1.CC(C)(C)Oc1ccnc(C(C)(C)C)c1. The number of nitrogens with zero attached hydrogens (tertiary/aromatic N) is 7. The summed E-state index contributed by atoms with van der Waals surface area (Å²) in [4.78, 5) is 13.9. The van der Waals surface area contributed by atoms with Gasteiger partial charge in [-0.3, -0.25) is 4.98 Å². The first kappa shape index (κ1) is 99.3. The molecule has 0 amide bonds. The molecule has 654 valence electrons. The predicted octanol–water partition coefficient (Wildman–Crippen LogP) is 31.8. The second-order valence-corrected chi connectivity index (χ2v) is 45.3. The summed E-state index contributed by atoms with van der Waals surface area (Å²) < 4.78 is 36.3. The molecule has 0 bridgehead atoms. The van der Waals surface area contributed by atoms with Crippen molar-refractivity contribution >= 4 is 78.2 Å². The molecule has 12 aromatic rings. The van der Waals surface area contributed by atoms with Crippen LogP contribution in [0.3, 0.4) is 0 Å². The molecule has 0 fully saturated rings. The number of benzene rings is 8. The monoisotopic (exact) mass is 1690 g/mol. The summed E-state index contributed by atoms with van der Waals surface area (Å²) >= 11 is 3.40. The molecule has 0 spiro atoms. The van der Waals surface area contributed by atoms with Crippen LogP contribution in [0.4, 0.5) is 11.4 Å². The zero-order valence-corrected chi connectivity index (χ0v) is 82.2. The third kappa shape index (κ3) is 34.8. The summed E-state index contributed by atoms with van der Waals surface area (Å²) in [6, 6.07) is 65.9. The number of thiazole rings is 1. The Labute approximate surface area is 741 Å². The Balaban J connectivity index is 0.000000203. The van der Waals surface area contributed by atoms with E-state index in [1.807, 2.05) is 178 Å². The maximum absolute atomic E-state index is 5.96. The number of fused-ring (bicyclic) bond motifs is 3. The van der Waals surface area contributed by atoms with Crippen molar-refractivity contribution in [2.75, 3.05) is 0 Å². The minimum absolute atomic E-state index is 0.0468. The van der Waals surface area contributed by atoms with Crippen LogP contribution in [-0.2, 0) is 32.5 Å². The lowest BCUT2D eigenvalue weighted by atomic mass is 9.86. The Morgan fingerprint density at radius 1 is 0.270 bits per heavy atom. The van der Waals surface area contributed by atoms with Crippen LogP contribution >= 0.6 is 22.7 Å². The molecule has 0 N–H and O–H groups in total. The van der Waals surface area contributed by atoms with E-state index >= 15 is 0 Å². The highest BCUT2D eigenvalue weighted by molar-refractivity contribution is 7.18. The highest BCUT2D eigenvalue weighted by Gasteiger charge is 2.25. The minimum Gasteiger partial charge on any atom is -0.488 e.